The molecule has 1 aromatic heterocycles. The topological polar surface area (TPSA) is 96.4 Å². The first-order valence-electron chi connectivity index (χ1n) is 5.10. The van der Waals surface area contributed by atoms with Crippen molar-refractivity contribution in [2.45, 2.75) is 12.2 Å². The maximum absolute atomic E-state index is 10.8. The Morgan fingerprint density at radius 1 is 1.24 bits per heavy atom. The van der Waals surface area contributed by atoms with Gasteiger partial charge in [0.1, 0.15) is 6.10 Å². The van der Waals surface area contributed by atoms with Gasteiger partial charge in [0, 0.05) is 11.6 Å². The molecular weight excluding hydrogens is 220 g/mol. The van der Waals surface area contributed by atoms with Crippen LogP contribution in [0.1, 0.15) is 11.7 Å². The van der Waals surface area contributed by atoms with Gasteiger partial charge in [-0.1, -0.05) is 18.2 Å². The second kappa shape index (κ2) is 4.48. The number of primary amides is 1. The molecule has 5 heteroatoms. The van der Waals surface area contributed by atoms with E-state index in [0.717, 1.165) is 0 Å². The zero-order valence-corrected chi connectivity index (χ0v) is 8.95. The first-order valence-corrected chi connectivity index (χ1v) is 5.10. The highest BCUT2D eigenvalue weighted by Crippen LogP contribution is 2.24. The van der Waals surface area contributed by atoms with E-state index in [9.17, 15) is 15.0 Å². The summed E-state index contributed by atoms with van der Waals surface area (Å²) < 4.78 is 0. The summed E-state index contributed by atoms with van der Waals surface area (Å²) in [5, 5.41) is 20.0. The van der Waals surface area contributed by atoms with Gasteiger partial charge < -0.3 is 15.9 Å². The lowest BCUT2D eigenvalue weighted by molar-refractivity contribution is -0.131. The number of benzene rings is 1. The van der Waals surface area contributed by atoms with Crippen LogP contribution in [0.15, 0.2) is 36.5 Å². The van der Waals surface area contributed by atoms with Crippen LogP contribution in [0.2, 0.25) is 0 Å². The molecule has 2 unspecified atom stereocenters. The second-order valence-corrected chi connectivity index (χ2v) is 3.71. The quantitative estimate of drug-likeness (QED) is 0.700. The number of nitrogens with zero attached hydrogens (tertiary/aromatic N) is 1. The van der Waals surface area contributed by atoms with Gasteiger partial charge >= 0.3 is 0 Å². The largest absolute Gasteiger partial charge is 0.385 e. The number of para-hydroxylation sites is 1. The molecule has 0 saturated heterocycles. The van der Waals surface area contributed by atoms with Crippen LogP contribution in [0.3, 0.4) is 0 Å². The molecule has 4 N–H and O–H groups in total. The van der Waals surface area contributed by atoms with Crippen LogP contribution < -0.4 is 5.73 Å². The summed E-state index contributed by atoms with van der Waals surface area (Å²) in [5.74, 6) is -0.960. The van der Waals surface area contributed by atoms with E-state index in [0.29, 0.717) is 16.5 Å². The molecule has 2 rings (SSSR count). The summed E-state index contributed by atoms with van der Waals surface area (Å²) in [6.07, 6.45) is -1.46. The number of carbonyl (C=O) groups excluding carboxylic acids is 1. The van der Waals surface area contributed by atoms with Gasteiger partial charge in [0.05, 0.1) is 5.52 Å². The van der Waals surface area contributed by atoms with Gasteiger partial charge in [-0.05, 0) is 17.7 Å². The molecule has 0 aliphatic heterocycles. The summed E-state index contributed by atoms with van der Waals surface area (Å²) >= 11 is 0. The average Bonchev–Trinajstić information content (AvgIpc) is 2.36. The zero-order chi connectivity index (χ0) is 12.4. The molecule has 1 amide bonds. The van der Waals surface area contributed by atoms with E-state index in [1.807, 2.05) is 6.07 Å². The number of carbonyl (C=O) groups is 1. The predicted molar refractivity (Wildman–Crippen MR) is 61.9 cm³/mol. The highest BCUT2D eigenvalue weighted by Gasteiger charge is 2.24. The van der Waals surface area contributed by atoms with Crippen molar-refractivity contribution in [1.82, 2.24) is 4.98 Å². The molecule has 0 spiro atoms. The van der Waals surface area contributed by atoms with Gasteiger partial charge in [-0.25, -0.2) is 0 Å². The normalized spacial score (nSPS) is 14.5. The van der Waals surface area contributed by atoms with Gasteiger partial charge in [-0.2, -0.15) is 0 Å². The monoisotopic (exact) mass is 232 g/mol. The van der Waals surface area contributed by atoms with Crippen LogP contribution in [-0.4, -0.2) is 27.2 Å². The van der Waals surface area contributed by atoms with E-state index in [1.54, 1.807) is 24.3 Å². The number of aliphatic hydroxyl groups excluding tert-OH is 2. The molecule has 2 atom stereocenters. The number of aliphatic hydroxyl groups is 2. The number of nitrogens with two attached hydrogens (primary N) is 1. The molecular formula is C12H12N2O3. The maximum atomic E-state index is 10.8. The van der Waals surface area contributed by atoms with Crippen LogP contribution in [-0.2, 0) is 4.79 Å². The number of pyridine rings is 1. The number of hydrogen-bond donors (Lipinski definition) is 3. The predicted octanol–water partition coefficient (Wildman–Crippen LogP) is 0.114. The van der Waals surface area contributed by atoms with Crippen LogP contribution in [0, 0.1) is 0 Å². The van der Waals surface area contributed by atoms with Crippen molar-refractivity contribution in [3.63, 3.8) is 0 Å². The van der Waals surface area contributed by atoms with Gasteiger partial charge in [0.25, 0.3) is 0 Å². The van der Waals surface area contributed by atoms with Crippen molar-refractivity contribution in [2.75, 3.05) is 0 Å². The Kier molecular flexibility index (Phi) is 3.03. The highest BCUT2D eigenvalue weighted by atomic mass is 16.3. The molecule has 17 heavy (non-hydrogen) atoms. The second-order valence-electron chi connectivity index (χ2n) is 3.71. The number of fused-ring (bicyclic) bond motifs is 1. The highest BCUT2D eigenvalue weighted by molar-refractivity contribution is 5.84. The smallest absolute Gasteiger partial charge is 0.249 e. The van der Waals surface area contributed by atoms with E-state index < -0.39 is 18.1 Å². The number of amides is 1. The molecule has 1 aromatic carbocycles. The lowest BCUT2D eigenvalue weighted by Crippen LogP contribution is -2.33. The Hall–Kier alpha value is -1.98. The number of aromatic nitrogens is 1. The van der Waals surface area contributed by atoms with Crippen LogP contribution >= 0.6 is 0 Å². The third-order valence-corrected chi connectivity index (χ3v) is 2.59. The van der Waals surface area contributed by atoms with E-state index in [2.05, 4.69) is 4.98 Å². The molecule has 0 saturated carbocycles. The van der Waals surface area contributed by atoms with Gasteiger partial charge in [0.2, 0.25) is 5.91 Å². The third-order valence-electron chi connectivity index (χ3n) is 2.59. The molecule has 0 aliphatic carbocycles. The summed E-state index contributed by atoms with van der Waals surface area (Å²) in [7, 11) is 0. The molecule has 88 valence electrons. The summed E-state index contributed by atoms with van der Waals surface area (Å²) in [6, 6.07) is 8.70. The molecule has 0 fully saturated rings. The lowest BCUT2D eigenvalue weighted by Gasteiger charge is -2.16. The van der Waals surface area contributed by atoms with E-state index >= 15 is 0 Å². The van der Waals surface area contributed by atoms with Gasteiger partial charge in [0.15, 0.2) is 6.10 Å². The van der Waals surface area contributed by atoms with Crippen LogP contribution in [0.5, 0.6) is 0 Å². The van der Waals surface area contributed by atoms with Crippen molar-refractivity contribution >= 4 is 16.8 Å². The van der Waals surface area contributed by atoms with E-state index in [1.165, 1.54) is 6.20 Å². The van der Waals surface area contributed by atoms with Crippen molar-refractivity contribution in [2.24, 2.45) is 5.73 Å². The summed E-state index contributed by atoms with van der Waals surface area (Å²) in [6.45, 7) is 0. The fourth-order valence-corrected chi connectivity index (χ4v) is 1.70. The van der Waals surface area contributed by atoms with Gasteiger partial charge in [-0.15, -0.1) is 0 Å². The molecule has 1 heterocycles. The Bertz CT molecular complexity index is 551. The fraction of sp³-hybridized carbons (Fsp3) is 0.167. The van der Waals surface area contributed by atoms with E-state index in [-0.39, 0.29) is 0 Å². The summed E-state index contributed by atoms with van der Waals surface area (Å²) in [5.41, 5.74) is 6.07. The Labute approximate surface area is 97.5 Å². The van der Waals surface area contributed by atoms with Crippen molar-refractivity contribution in [1.29, 1.82) is 0 Å². The standard InChI is InChI=1S/C12H12N2O3/c13-12(17)11(16)10(15)8-5-6-14-9-4-2-1-3-7(8)9/h1-6,10-11,15-16H,(H2,13,17). The molecule has 5 nitrogen and oxygen atoms in total. The SMILES string of the molecule is NC(=O)C(O)C(O)c1ccnc2ccccc12. The van der Waals surface area contributed by atoms with Crippen LogP contribution in [0.25, 0.3) is 10.9 Å². The first-order chi connectivity index (χ1) is 8.11. The lowest BCUT2D eigenvalue weighted by atomic mass is 10.00. The zero-order valence-electron chi connectivity index (χ0n) is 8.95. The fourth-order valence-electron chi connectivity index (χ4n) is 1.70. The van der Waals surface area contributed by atoms with Crippen molar-refractivity contribution in [3.05, 3.63) is 42.1 Å². The number of hydrogen-bond acceptors (Lipinski definition) is 4. The first kappa shape index (κ1) is 11.5. The third kappa shape index (κ3) is 2.11. The van der Waals surface area contributed by atoms with Gasteiger partial charge in [-0.3, -0.25) is 9.78 Å². The Morgan fingerprint density at radius 2 is 1.94 bits per heavy atom. The van der Waals surface area contributed by atoms with Crippen molar-refractivity contribution < 1.29 is 15.0 Å². The minimum absolute atomic E-state index is 0.432. The average molecular weight is 232 g/mol. The Morgan fingerprint density at radius 3 is 2.65 bits per heavy atom. The van der Waals surface area contributed by atoms with Crippen molar-refractivity contribution in [3.8, 4) is 0 Å². The van der Waals surface area contributed by atoms with Crippen LogP contribution in [0.4, 0.5) is 0 Å². The van der Waals surface area contributed by atoms with E-state index in [4.69, 9.17) is 5.73 Å². The number of rotatable bonds is 3. The molecule has 2 aromatic rings. The molecule has 0 aliphatic rings. The molecule has 0 radical (unpaired) electrons. The molecule has 0 bridgehead atoms. The minimum Gasteiger partial charge on any atom is -0.385 e. The Balaban J connectivity index is 2.52. The summed E-state index contributed by atoms with van der Waals surface area (Å²) in [4.78, 5) is 15.0. The minimum atomic E-state index is -1.62. The maximum Gasteiger partial charge on any atom is 0.249 e.